The molecule has 0 amide bonds. The van der Waals surface area contributed by atoms with Gasteiger partial charge in [0.1, 0.15) is 5.75 Å². The minimum Gasteiger partial charge on any atom is -0.497 e. The van der Waals surface area contributed by atoms with Crippen LogP contribution in [0.1, 0.15) is 19.9 Å². The average molecular weight is 282 g/mol. The molecule has 3 nitrogen and oxygen atoms in total. The van der Waals surface area contributed by atoms with Crippen molar-refractivity contribution in [2.45, 2.75) is 19.9 Å². The molecule has 0 aliphatic heterocycles. The van der Waals surface area contributed by atoms with Gasteiger partial charge in [0.25, 0.3) is 0 Å². The van der Waals surface area contributed by atoms with E-state index in [0.717, 1.165) is 33.1 Å². The van der Waals surface area contributed by atoms with Crippen LogP contribution in [0.5, 0.6) is 5.75 Å². The van der Waals surface area contributed by atoms with Gasteiger partial charge >= 0.3 is 0 Å². The van der Waals surface area contributed by atoms with Crippen LogP contribution in [0.25, 0.3) is 11.0 Å². The summed E-state index contributed by atoms with van der Waals surface area (Å²) in [7, 11) is 1.67. The van der Waals surface area contributed by atoms with Gasteiger partial charge in [-0.3, -0.25) is 0 Å². The average Bonchev–Trinajstić information content (AvgIpc) is 2.70. The molecular weight excluding hydrogens is 264 g/mol. The van der Waals surface area contributed by atoms with Crippen molar-refractivity contribution in [2.24, 2.45) is 0 Å². The normalized spacial score (nSPS) is 12.8. The molecule has 1 aromatic heterocycles. The van der Waals surface area contributed by atoms with E-state index < -0.39 is 0 Å². The molecule has 1 atom stereocenters. The molecule has 0 radical (unpaired) electrons. The van der Waals surface area contributed by atoms with Gasteiger partial charge in [0, 0.05) is 17.9 Å². The zero-order valence-corrected chi connectivity index (χ0v) is 12.5. The third-order valence-corrected chi connectivity index (χ3v) is 4.35. The van der Waals surface area contributed by atoms with E-state index in [1.165, 1.54) is 0 Å². The number of aromatic amines is 1. The summed E-state index contributed by atoms with van der Waals surface area (Å²) in [6.45, 7) is 4.38. The van der Waals surface area contributed by atoms with Crippen LogP contribution >= 0.6 is 24.0 Å². The van der Waals surface area contributed by atoms with Crippen molar-refractivity contribution in [2.75, 3.05) is 18.6 Å². The van der Waals surface area contributed by atoms with E-state index >= 15 is 0 Å². The highest BCUT2D eigenvalue weighted by Gasteiger charge is 2.11. The fourth-order valence-electron chi connectivity index (χ4n) is 2.04. The number of nitrogens with one attached hydrogen (secondary N) is 1. The molecule has 0 spiro atoms. The number of imidazole rings is 1. The highest BCUT2D eigenvalue weighted by Crippen LogP contribution is 2.24. The predicted molar refractivity (Wildman–Crippen MR) is 81.4 cm³/mol. The summed E-state index contributed by atoms with van der Waals surface area (Å²) in [5.74, 6) is 3.05. The molecule has 18 heavy (non-hydrogen) atoms. The Bertz CT molecular complexity index is 588. The topological polar surface area (TPSA) is 29.9 Å². The Kier molecular flexibility index (Phi) is 4.35. The summed E-state index contributed by atoms with van der Waals surface area (Å²) in [5, 5.41) is 0. The summed E-state index contributed by atoms with van der Waals surface area (Å²) >= 11 is 7.35. The van der Waals surface area contributed by atoms with Gasteiger partial charge in [-0.25, -0.2) is 0 Å². The fraction of sp³-hybridized carbons (Fsp3) is 0.462. The number of aromatic nitrogens is 2. The smallest absolute Gasteiger partial charge is 0.178 e. The Balaban J connectivity index is 2.44. The van der Waals surface area contributed by atoms with E-state index in [1.54, 1.807) is 7.11 Å². The highest BCUT2D eigenvalue weighted by molar-refractivity contribution is 7.99. The largest absolute Gasteiger partial charge is 0.497 e. The number of methoxy groups -OCH3 is 1. The fourth-order valence-corrected chi connectivity index (χ4v) is 3.15. The zero-order chi connectivity index (χ0) is 13.1. The molecule has 0 saturated heterocycles. The molecular formula is C13H18N2OS2. The number of fused-ring (bicyclic) bond motifs is 1. The molecule has 0 aliphatic rings. The molecule has 98 valence electrons. The first-order chi connectivity index (χ1) is 8.67. The van der Waals surface area contributed by atoms with Crippen molar-refractivity contribution < 1.29 is 4.74 Å². The quantitative estimate of drug-likeness (QED) is 0.840. The SMILES string of the molecule is CCSCC(C)n1c(=S)[nH]c2cc(OC)ccc21. The Morgan fingerprint density at radius 1 is 1.50 bits per heavy atom. The van der Waals surface area contributed by atoms with Crippen LogP contribution < -0.4 is 4.74 Å². The van der Waals surface area contributed by atoms with Crippen LogP contribution in [-0.2, 0) is 0 Å². The number of benzene rings is 1. The number of hydrogen-bond acceptors (Lipinski definition) is 3. The second kappa shape index (κ2) is 5.80. The van der Waals surface area contributed by atoms with Gasteiger partial charge in [-0.2, -0.15) is 11.8 Å². The van der Waals surface area contributed by atoms with Gasteiger partial charge in [0.2, 0.25) is 0 Å². The highest BCUT2D eigenvalue weighted by atomic mass is 32.2. The lowest BCUT2D eigenvalue weighted by Gasteiger charge is -2.13. The first-order valence-electron chi connectivity index (χ1n) is 6.03. The lowest BCUT2D eigenvalue weighted by atomic mass is 10.3. The third kappa shape index (κ3) is 2.57. The predicted octanol–water partition coefficient (Wildman–Crippen LogP) is 4.02. The van der Waals surface area contributed by atoms with Gasteiger partial charge in [-0.05, 0) is 37.0 Å². The number of hydrogen-bond donors (Lipinski definition) is 1. The van der Waals surface area contributed by atoms with Crippen LogP contribution in [0.2, 0.25) is 0 Å². The van der Waals surface area contributed by atoms with E-state index in [1.807, 2.05) is 23.9 Å². The van der Waals surface area contributed by atoms with Crippen LogP contribution in [0.15, 0.2) is 18.2 Å². The van der Waals surface area contributed by atoms with Crippen molar-refractivity contribution in [3.63, 3.8) is 0 Å². The van der Waals surface area contributed by atoms with E-state index in [0.29, 0.717) is 6.04 Å². The zero-order valence-electron chi connectivity index (χ0n) is 10.9. The number of nitrogens with zero attached hydrogens (tertiary/aromatic N) is 1. The minimum absolute atomic E-state index is 0.393. The second-order valence-corrected chi connectivity index (χ2v) is 5.90. The van der Waals surface area contributed by atoms with Crippen molar-refractivity contribution in [1.29, 1.82) is 0 Å². The molecule has 0 bridgehead atoms. The van der Waals surface area contributed by atoms with Crippen LogP contribution in [0.4, 0.5) is 0 Å². The van der Waals surface area contributed by atoms with Gasteiger partial charge in [-0.1, -0.05) is 6.92 Å². The molecule has 0 saturated carbocycles. The molecule has 2 aromatic rings. The van der Waals surface area contributed by atoms with E-state index in [-0.39, 0.29) is 0 Å². The summed E-state index contributed by atoms with van der Waals surface area (Å²) in [4.78, 5) is 3.25. The molecule has 1 heterocycles. The lowest BCUT2D eigenvalue weighted by Crippen LogP contribution is -2.07. The third-order valence-electron chi connectivity index (χ3n) is 2.93. The maximum absolute atomic E-state index is 5.42. The van der Waals surface area contributed by atoms with Crippen LogP contribution in [0, 0.1) is 4.77 Å². The standard InChI is InChI=1S/C13H18N2OS2/c1-4-18-8-9(2)15-12-6-5-10(16-3)7-11(12)14-13(15)17/h5-7,9H,4,8H2,1-3H3,(H,14,17). The van der Waals surface area contributed by atoms with Crippen molar-refractivity contribution in [3.8, 4) is 5.75 Å². The second-order valence-electron chi connectivity index (χ2n) is 4.19. The molecule has 2 rings (SSSR count). The maximum Gasteiger partial charge on any atom is 0.178 e. The molecule has 5 heteroatoms. The van der Waals surface area contributed by atoms with Gasteiger partial charge in [-0.15, -0.1) is 0 Å². The monoisotopic (exact) mass is 282 g/mol. The van der Waals surface area contributed by atoms with E-state index in [4.69, 9.17) is 17.0 Å². The van der Waals surface area contributed by atoms with Crippen molar-refractivity contribution >= 4 is 35.0 Å². The first-order valence-corrected chi connectivity index (χ1v) is 7.59. The van der Waals surface area contributed by atoms with Gasteiger partial charge in [0.15, 0.2) is 4.77 Å². The number of H-pyrrole nitrogens is 1. The van der Waals surface area contributed by atoms with Crippen LogP contribution in [-0.4, -0.2) is 28.2 Å². The van der Waals surface area contributed by atoms with Crippen molar-refractivity contribution in [3.05, 3.63) is 23.0 Å². The number of ether oxygens (including phenoxy) is 1. The molecule has 0 aliphatic carbocycles. The van der Waals surface area contributed by atoms with E-state index in [2.05, 4.69) is 29.5 Å². The van der Waals surface area contributed by atoms with Crippen LogP contribution in [0.3, 0.4) is 0 Å². The summed E-state index contributed by atoms with van der Waals surface area (Å²) in [6, 6.07) is 6.42. The summed E-state index contributed by atoms with van der Waals surface area (Å²) in [6.07, 6.45) is 0. The first kappa shape index (κ1) is 13.5. The number of rotatable bonds is 5. The molecule has 1 N–H and O–H groups in total. The molecule has 1 aromatic carbocycles. The Morgan fingerprint density at radius 3 is 2.94 bits per heavy atom. The van der Waals surface area contributed by atoms with Gasteiger partial charge in [0.05, 0.1) is 18.1 Å². The Labute approximate surface area is 117 Å². The molecule has 0 fully saturated rings. The molecule has 1 unspecified atom stereocenters. The summed E-state index contributed by atoms with van der Waals surface area (Å²) < 4.78 is 8.20. The van der Waals surface area contributed by atoms with E-state index in [9.17, 15) is 0 Å². The summed E-state index contributed by atoms with van der Waals surface area (Å²) in [5.41, 5.74) is 2.18. The Morgan fingerprint density at radius 2 is 2.28 bits per heavy atom. The number of thioether (sulfide) groups is 1. The van der Waals surface area contributed by atoms with Crippen molar-refractivity contribution in [1.82, 2.24) is 9.55 Å². The van der Waals surface area contributed by atoms with Gasteiger partial charge < -0.3 is 14.3 Å². The Hall–Kier alpha value is -0.940. The minimum atomic E-state index is 0.393. The lowest BCUT2D eigenvalue weighted by molar-refractivity contribution is 0.415. The maximum atomic E-state index is 5.42.